The van der Waals surface area contributed by atoms with Crippen LogP contribution < -0.4 is 0 Å². The summed E-state index contributed by atoms with van der Waals surface area (Å²) in [6.07, 6.45) is -0.993. The van der Waals surface area contributed by atoms with Gasteiger partial charge in [-0.15, -0.1) is 0 Å². The zero-order chi connectivity index (χ0) is 15.3. The Bertz CT molecular complexity index is 460. The molecule has 1 heterocycles. The highest BCUT2D eigenvalue weighted by Gasteiger charge is 2.46. The molecule has 116 valence electrons. The quantitative estimate of drug-likeness (QED) is 0.841. The van der Waals surface area contributed by atoms with Crippen molar-refractivity contribution in [2.24, 2.45) is 0 Å². The van der Waals surface area contributed by atoms with Gasteiger partial charge in [-0.25, -0.2) is 4.79 Å². The minimum atomic E-state index is -0.955. The first kappa shape index (κ1) is 15.8. The summed E-state index contributed by atoms with van der Waals surface area (Å²) in [5.41, 5.74) is 1.02. The molecule has 0 aromatic heterocycles. The second-order valence-electron chi connectivity index (χ2n) is 4.98. The van der Waals surface area contributed by atoms with Gasteiger partial charge < -0.3 is 24.2 Å². The van der Waals surface area contributed by atoms with E-state index in [-0.39, 0.29) is 6.54 Å². The summed E-state index contributed by atoms with van der Waals surface area (Å²) in [4.78, 5) is 12.5. The number of ether oxygens (including phenoxy) is 3. The molecule has 0 bridgehead atoms. The normalized spacial score (nSPS) is 21.2. The lowest BCUT2D eigenvalue weighted by molar-refractivity contribution is -0.288. The minimum Gasteiger partial charge on any atom is -0.465 e. The van der Waals surface area contributed by atoms with Crippen molar-refractivity contribution in [3.8, 4) is 0 Å². The maximum absolute atomic E-state index is 11.2. The van der Waals surface area contributed by atoms with Crippen molar-refractivity contribution in [3.63, 3.8) is 0 Å². The van der Waals surface area contributed by atoms with E-state index in [4.69, 9.17) is 19.3 Å². The van der Waals surface area contributed by atoms with Gasteiger partial charge in [-0.1, -0.05) is 30.3 Å². The second-order valence-corrected chi connectivity index (χ2v) is 4.98. The van der Waals surface area contributed by atoms with Gasteiger partial charge in [-0.05, 0) is 5.56 Å². The molecule has 6 heteroatoms. The predicted octanol–water partition coefficient (Wildman–Crippen LogP) is 1.94. The summed E-state index contributed by atoms with van der Waals surface area (Å²) >= 11 is 0. The van der Waals surface area contributed by atoms with E-state index in [1.807, 2.05) is 30.3 Å². The summed E-state index contributed by atoms with van der Waals surface area (Å²) in [6, 6.07) is 9.72. The Morgan fingerprint density at radius 3 is 2.57 bits per heavy atom. The monoisotopic (exact) mass is 295 g/mol. The van der Waals surface area contributed by atoms with Crippen LogP contribution in [0.5, 0.6) is 0 Å². The van der Waals surface area contributed by atoms with Crippen LogP contribution in [0, 0.1) is 0 Å². The van der Waals surface area contributed by atoms with Crippen molar-refractivity contribution in [1.29, 1.82) is 0 Å². The van der Waals surface area contributed by atoms with Crippen molar-refractivity contribution < 1.29 is 24.1 Å². The number of amides is 1. The van der Waals surface area contributed by atoms with Gasteiger partial charge in [0.25, 0.3) is 0 Å². The zero-order valence-electron chi connectivity index (χ0n) is 12.3. The van der Waals surface area contributed by atoms with Gasteiger partial charge >= 0.3 is 6.09 Å². The molecule has 1 unspecified atom stereocenters. The lowest BCUT2D eigenvalue weighted by Gasteiger charge is -2.44. The van der Waals surface area contributed by atoms with Crippen LogP contribution in [0.2, 0.25) is 0 Å². The third-order valence-electron chi connectivity index (χ3n) is 3.86. The van der Waals surface area contributed by atoms with Crippen LogP contribution in [-0.2, 0) is 20.8 Å². The average Bonchev–Trinajstić information content (AvgIpc) is 2.53. The molecule has 0 saturated carbocycles. The molecular formula is C15H21NO5. The number of carbonyl (C=O) groups is 1. The predicted molar refractivity (Wildman–Crippen MR) is 76.0 cm³/mol. The lowest BCUT2D eigenvalue weighted by Crippen LogP contribution is -2.59. The molecule has 1 aliphatic heterocycles. The van der Waals surface area contributed by atoms with Gasteiger partial charge in [-0.3, -0.25) is 0 Å². The summed E-state index contributed by atoms with van der Waals surface area (Å²) < 4.78 is 16.9. The van der Waals surface area contributed by atoms with Crippen molar-refractivity contribution in [3.05, 3.63) is 35.9 Å². The van der Waals surface area contributed by atoms with E-state index < -0.39 is 18.0 Å². The highest BCUT2D eigenvalue weighted by Crippen LogP contribution is 2.30. The molecule has 0 aliphatic carbocycles. The molecular weight excluding hydrogens is 274 g/mol. The topological polar surface area (TPSA) is 68.2 Å². The van der Waals surface area contributed by atoms with Crippen LogP contribution in [0.15, 0.2) is 30.3 Å². The Morgan fingerprint density at radius 1 is 1.33 bits per heavy atom. The van der Waals surface area contributed by atoms with Crippen molar-refractivity contribution in [2.45, 2.75) is 24.9 Å². The van der Waals surface area contributed by atoms with Crippen LogP contribution in [0.4, 0.5) is 4.79 Å². The van der Waals surface area contributed by atoms with E-state index in [0.717, 1.165) is 5.56 Å². The van der Waals surface area contributed by atoms with E-state index in [1.54, 1.807) is 14.2 Å². The third-order valence-corrected chi connectivity index (χ3v) is 3.86. The van der Waals surface area contributed by atoms with E-state index in [9.17, 15) is 4.79 Å². The molecule has 0 spiro atoms. The van der Waals surface area contributed by atoms with Crippen molar-refractivity contribution in [2.75, 3.05) is 27.3 Å². The van der Waals surface area contributed by atoms with Crippen LogP contribution >= 0.6 is 0 Å². The highest BCUT2D eigenvalue weighted by molar-refractivity contribution is 5.65. The number of nitrogens with zero attached hydrogens (tertiary/aromatic N) is 1. The number of rotatable bonds is 5. The Hall–Kier alpha value is -1.63. The molecule has 1 aliphatic rings. The zero-order valence-corrected chi connectivity index (χ0v) is 12.3. The van der Waals surface area contributed by atoms with Gasteiger partial charge in [0.1, 0.15) is 6.10 Å². The Kier molecular flexibility index (Phi) is 5.17. The summed E-state index contributed by atoms with van der Waals surface area (Å²) in [5, 5.41) is 9.15. The summed E-state index contributed by atoms with van der Waals surface area (Å²) in [7, 11) is 3.11. The molecule has 2 rings (SSSR count). The number of methoxy groups -OCH3 is 2. The van der Waals surface area contributed by atoms with E-state index in [1.165, 1.54) is 4.90 Å². The van der Waals surface area contributed by atoms with E-state index >= 15 is 0 Å². The SMILES string of the molecule is COC1(OC)CCN(C(=O)O)CC1OCc1ccccc1. The van der Waals surface area contributed by atoms with Gasteiger partial charge in [0.15, 0.2) is 5.79 Å². The molecule has 21 heavy (non-hydrogen) atoms. The number of hydrogen-bond donors (Lipinski definition) is 1. The van der Waals surface area contributed by atoms with Gasteiger partial charge in [0, 0.05) is 27.2 Å². The first-order valence-electron chi connectivity index (χ1n) is 6.85. The fourth-order valence-electron chi connectivity index (χ4n) is 2.56. The molecule has 0 radical (unpaired) electrons. The van der Waals surface area contributed by atoms with Crippen LogP contribution in [0.1, 0.15) is 12.0 Å². The molecule has 1 aromatic carbocycles. The molecule has 1 fully saturated rings. The van der Waals surface area contributed by atoms with Gasteiger partial charge in [-0.2, -0.15) is 0 Å². The number of piperidine rings is 1. The summed E-state index contributed by atoms with van der Waals surface area (Å²) in [5.74, 6) is -0.902. The number of likely N-dealkylation sites (tertiary alicyclic amines) is 1. The molecule has 1 saturated heterocycles. The maximum Gasteiger partial charge on any atom is 0.407 e. The fourth-order valence-corrected chi connectivity index (χ4v) is 2.56. The summed E-state index contributed by atoms with van der Waals surface area (Å²) in [6.45, 7) is 0.972. The average molecular weight is 295 g/mol. The fraction of sp³-hybridized carbons (Fsp3) is 0.533. The van der Waals surface area contributed by atoms with Crippen LogP contribution in [0.25, 0.3) is 0 Å². The molecule has 1 aromatic rings. The third kappa shape index (κ3) is 3.53. The van der Waals surface area contributed by atoms with Crippen molar-refractivity contribution >= 4 is 6.09 Å². The number of carboxylic acid groups (broad SMARTS) is 1. The molecule has 1 atom stereocenters. The van der Waals surface area contributed by atoms with Crippen LogP contribution in [0.3, 0.4) is 0 Å². The first-order valence-corrected chi connectivity index (χ1v) is 6.85. The number of benzene rings is 1. The first-order chi connectivity index (χ1) is 10.1. The highest BCUT2D eigenvalue weighted by atomic mass is 16.7. The smallest absolute Gasteiger partial charge is 0.407 e. The van der Waals surface area contributed by atoms with Gasteiger partial charge in [0.2, 0.25) is 0 Å². The lowest BCUT2D eigenvalue weighted by atomic mass is 10.00. The Labute approximate surface area is 124 Å². The molecule has 1 N–H and O–H groups in total. The second kappa shape index (κ2) is 6.89. The maximum atomic E-state index is 11.2. The van der Waals surface area contributed by atoms with Gasteiger partial charge in [0.05, 0.1) is 13.2 Å². The molecule has 6 nitrogen and oxygen atoms in total. The Balaban J connectivity index is 2.07. The minimum absolute atomic E-state index is 0.226. The molecule has 1 amide bonds. The van der Waals surface area contributed by atoms with Crippen molar-refractivity contribution in [1.82, 2.24) is 4.90 Å². The number of hydrogen-bond acceptors (Lipinski definition) is 4. The van der Waals surface area contributed by atoms with Crippen LogP contribution in [-0.4, -0.2) is 55.3 Å². The van der Waals surface area contributed by atoms with E-state index in [2.05, 4.69) is 0 Å². The van der Waals surface area contributed by atoms with E-state index in [0.29, 0.717) is 19.6 Å². The standard InChI is InChI=1S/C15H21NO5/c1-19-15(20-2)8-9-16(14(17)18)10-13(15)21-11-12-6-4-3-5-7-12/h3-7,13H,8-11H2,1-2H3,(H,17,18). The largest absolute Gasteiger partial charge is 0.465 e. The Morgan fingerprint density at radius 2 is 2.00 bits per heavy atom.